The van der Waals surface area contributed by atoms with Gasteiger partial charge in [-0.2, -0.15) is 0 Å². The molecule has 1 aromatic rings. The molecule has 1 aromatic carbocycles. The van der Waals surface area contributed by atoms with E-state index < -0.39 is 23.8 Å². The van der Waals surface area contributed by atoms with Gasteiger partial charge in [0.05, 0.1) is 12.6 Å². The van der Waals surface area contributed by atoms with Crippen molar-refractivity contribution in [3.8, 4) is 5.75 Å². The number of aliphatic hydroxyl groups is 1. The molecule has 0 aliphatic rings. The van der Waals surface area contributed by atoms with Crippen molar-refractivity contribution in [2.24, 2.45) is 0 Å². The highest BCUT2D eigenvalue weighted by molar-refractivity contribution is 5.73. The molecule has 0 radical (unpaired) electrons. The van der Waals surface area contributed by atoms with Gasteiger partial charge in [0.1, 0.15) is 12.4 Å². The van der Waals surface area contributed by atoms with Crippen molar-refractivity contribution in [1.82, 2.24) is 10.6 Å². The van der Waals surface area contributed by atoms with E-state index in [1.165, 1.54) is 6.07 Å². The Kier molecular flexibility index (Phi) is 6.72. The van der Waals surface area contributed by atoms with Crippen LogP contribution in [0, 0.1) is 11.6 Å². The topological polar surface area (TPSA) is 70.6 Å². The van der Waals surface area contributed by atoms with Crippen LogP contribution in [0.4, 0.5) is 13.6 Å². The summed E-state index contributed by atoms with van der Waals surface area (Å²) in [5.74, 6) is -1.53. The van der Waals surface area contributed by atoms with Gasteiger partial charge in [0.15, 0.2) is 11.6 Å². The number of carbonyl (C=O) groups is 1. The molecule has 20 heavy (non-hydrogen) atoms. The van der Waals surface area contributed by atoms with E-state index in [0.717, 1.165) is 12.1 Å². The minimum atomic E-state index is -0.786. The average Bonchev–Trinajstić information content (AvgIpc) is 2.36. The third kappa shape index (κ3) is 6.33. The van der Waals surface area contributed by atoms with Crippen molar-refractivity contribution in [2.45, 2.75) is 19.4 Å². The number of nitrogens with one attached hydrogen (secondary N) is 2. The fourth-order valence-electron chi connectivity index (χ4n) is 1.37. The molecule has 0 aliphatic heterocycles. The fraction of sp³-hybridized carbons (Fsp3) is 0.462. The van der Waals surface area contributed by atoms with Gasteiger partial charge in [-0.25, -0.2) is 13.6 Å². The number of amides is 2. The van der Waals surface area contributed by atoms with Crippen molar-refractivity contribution in [3.05, 3.63) is 29.8 Å². The molecular weight excluding hydrogens is 270 g/mol. The number of rotatable bonds is 7. The Labute approximate surface area is 115 Å². The van der Waals surface area contributed by atoms with Crippen LogP contribution in [0.2, 0.25) is 0 Å². The molecule has 0 aliphatic carbocycles. The second kappa shape index (κ2) is 8.31. The van der Waals surface area contributed by atoms with Gasteiger partial charge in [-0.05, 0) is 25.5 Å². The number of hydrogen-bond acceptors (Lipinski definition) is 3. The average molecular weight is 288 g/mol. The van der Waals surface area contributed by atoms with E-state index in [-0.39, 0.29) is 18.9 Å². The van der Waals surface area contributed by atoms with Crippen LogP contribution in [-0.2, 0) is 0 Å². The Morgan fingerprint density at radius 2 is 2.05 bits per heavy atom. The lowest BCUT2D eigenvalue weighted by molar-refractivity contribution is 0.183. The summed E-state index contributed by atoms with van der Waals surface area (Å²) < 4.78 is 30.9. The zero-order valence-electron chi connectivity index (χ0n) is 11.2. The van der Waals surface area contributed by atoms with Crippen LogP contribution in [0.1, 0.15) is 13.3 Å². The first-order valence-electron chi connectivity index (χ1n) is 6.26. The lowest BCUT2D eigenvalue weighted by atomic mass is 10.3. The Balaban J connectivity index is 2.16. The molecule has 2 amide bonds. The largest absolute Gasteiger partial charge is 0.489 e. The maximum absolute atomic E-state index is 13.2. The molecule has 1 atom stereocenters. The number of urea groups is 1. The van der Waals surface area contributed by atoms with Crippen molar-refractivity contribution < 1.29 is 23.4 Å². The Bertz CT molecular complexity index is 442. The predicted molar refractivity (Wildman–Crippen MR) is 69.6 cm³/mol. The summed E-state index contributed by atoms with van der Waals surface area (Å²) in [7, 11) is 0. The SMILES string of the molecule is CC(O)CCNC(=O)NCCOc1ccc(F)cc1F. The molecule has 0 saturated carbocycles. The monoisotopic (exact) mass is 288 g/mol. The van der Waals surface area contributed by atoms with E-state index in [2.05, 4.69) is 10.6 Å². The van der Waals surface area contributed by atoms with E-state index >= 15 is 0 Å². The maximum Gasteiger partial charge on any atom is 0.314 e. The second-order valence-electron chi connectivity index (χ2n) is 4.24. The first-order chi connectivity index (χ1) is 9.49. The van der Waals surface area contributed by atoms with Gasteiger partial charge in [0, 0.05) is 12.6 Å². The van der Waals surface area contributed by atoms with Crippen molar-refractivity contribution in [3.63, 3.8) is 0 Å². The Morgan fingerprint density at radius 1 is 1.35 bits per heavy atom. The van der Waals surface area contributed by atoms with Gasteiger partial charge in [-0.1, -0.05) is 0 Å². The molecule has 1 rings (SSSR count). The van der Waals surface area contributed by atoms with Crippen LogP contribution in [0.15, 0.2) is 18.2 Å². The standard InChI is InChI=1S/C13H18F2N2O3/c1-9(18)4-5-16-13(19)17-6-7-20-12-3-2-10(14)8-11(12)15/h2-3,8-9,18H,4-7H2,1H3,(H2,16,17,19). The summed E-state index contributed by atoms with van der Waals surface area (Å²) in [6.07, 6.45) is -0.00914. The first-order valence-corrected chi connectivity index (χ1v) is 6.26. The second-order valence-corrected chi connectivity index (χ2v) is 4.24. The van der Waals surface area contributed by atoms with E-state index in [9.17, 15) is 13.6 Å². The predicted octanol–water partition coefficient (Wildman–Crippen LogP) is 1.41. The van der Waals surface area contributed by atoms with E-state index in [1.807, 2.05) is 0 Å². The third-order valence-corrected chi connectivity index (χ3v) is 2.39. The molecule has 0 heterocycles. The molecule has 0 aromatic heterocycles. The molecule has 0 saturated heterocycles. The van der Waals surface area contributed by atoms with Crippen LogP contribution in [-0.4, -0.2) is 36.9 Å². The normalized spacial score (nSPS) is 11.8. The minimum Gasteiger partial charge on any atom is -0.489 e. The molecule has 3 N–H and O–H groups in total. The summed E-state index contributed by atoms with van der Waals surface area (Å²) in [5, 5.41) is 14.0. The quantitative estimate of drug-likeness (QED) is 0.664. The summed E-state index contributed by atoms with van der Waals surface area (Å²) in [4.78, 5) is 11.3. The summed E-state index contributed by atoms with van der Waals surface area (Å²) in [6, 6.07) is 2.61. The molecule has 7 heteroatoms. The van der Waals surface area contributed by atoms with E-state index in [1.54, 1.807) is 6.92 Å². The highest BCUT2D eigenvalue weighted by atomic mass is 19.1. The number of halogens is 2. The highest BCUT2D eigenvalue weighted by Gasteiger charge is 2.05. The number of aliphatic hydroxyl groups excluding tert-OH is 1. The minimum absolute atomic E-state index is 0.0619. The molecular formula is C13H18F2N2O3. The van der Waals surface area contributed by atoms with Gasteiger partial charge < -0.3 is 20.5 Å². The first kappa shape index (κ1) is 16.2. The molecule has 0 spiro atoms. The zero-order valence-corrected chi connectivity index (χ0v) is 11.2. The van der Waals surface area contributed by atoms with E-state index in [0.29, 0.717) is 13.0 Å². The van der Waals surface area contributed by atoms with Gasteiger partial charge >= 0.3 is 6.03 Å². The van der Waals surface area contributed by atoms with Crippen LogP contribution >= 0.6 is 0 Å². The van der Waals surface area contributed by atoms with Crippen LogP contribution in [0.3, 0.4) is 0 Å². The fourth-order valence-corrected chi connectivity index (χ4v) is 1.37. The lowest BCUT2D eigenvalue weighted by Crippen LogP contribution is -2.38. The number of hydrogen-bond donors (Lipinski definition) is 3. The van der Waals surface area contributed by atoms with Gasteiger partial charge in [-0.3, -0.25) is 0 Å². The molecule has 0 bridgehead atoms. The maximum atomic E-state index is 13.2. The number of benzene rings is 1. The van der Waals surface area contributed by atoms with Gasteiger partial charge in [0.2, 0.25) is 0 Å². The highest BCUT2D eigenvalue weighted by Crippen LogP contribution is 2.17. The van der Waals surface area contributed by atoms with Crippen molar-refractivity contribution in [2.75, 3.05) is 19.7 Å². The van der Waals surface area contributed by atoms with Gasteiger partial charge in [-0.15, -0.1) is 0 Å². The van der Waals surface area contributed by atoms with Crippen molar-refractivity contribution in [1.29, 1.82) is 0 Å². The van der Waals surface area contributed by atoms with E-state index in [4.69, 9.17) is 9.84 Å². The Morgan fingerprint density at radius 3 is 2.70 bits per heavy atom. The summed E-state index contributed by atoms with van der Waals surface area (Å²) in [6.45, 7) is 2.23. The van der Waals surface area contributed by atoms with Gasteiger partial charge in [0.25, 0.3) is 0 Å². The molecule has 1 unspecified atom stereocenters. The van der Waals surface area contributed by atoms with Crippen molar-refractivity contribution >= 4 is 6.03 Å². The van der Waals surface area contributed by atoms with Crippen LogP contribution in [0.25, 0.3) is 0 Å². The zero-order chi connectivity index (χ0) is 15.0. The summed E-state index contributed by atoms with van der Waals surface area (Å²) >= 11 is 0. The molecule has 5 nitrogen and oxygen atoms in total. The van der Waals surface area contributed by atoms with Crippen LogP contribution in [0.5, 0.6) is 5.75 Å². The third-order valence-electron chi connectivity index (χ3n) is 2.39. The molecule has 112 valence electrons. The smallest absolute Gasteiger partial charge is 0.314 e. The molecule has 0 fully saturated rings. The Hall–Kier alpha value is -1.89. The summed E-state index contributed by atoms with van der Waals surface area (Å²) in [5.41, 5.74) is 0. The van der Waals surface area contributed by atoms with Crippen LogP contribution < -0.4 is 15.4 Å². The lowest BCUT2D eigenvalue weighted by Gasteiger charge is -2.10. The number of ether oxygens (including phenoxy) is 1. The number of carbonyl (C=O) groups excluding carboxylic acids is 1.